The van der Waals surface area contributed by atoms with E-state index in [0.717, 1.165) is 54.9 Å². The maximum Gasteiger partial charge on any atom is 0.250 e. The molecule has 0 radical (unpaired) electrons. The number of ether oxygens (including phenoxy) is 1. The van der Waals surface area contributed by atoms with Gasteiger partial charge >= 0.3 is 0 Å². The average molecular weight is 613 g/mol. The van der Waals surface area contributed by atoms with Crippen molar-refractivity contribution in [2.75, 3.05) is 49.6 Å². The van der Waals surface area contributed by atoms with Gasteiger partial charge in [-0.05, 0) is 66.5 Å². The molecule has 2 N–H and O–H groups in total. The molecule has 1 saturated carbocycles. The fourth-order valence-corrected chi connectivity index (χ4v) is 6.86. The van der Waals surface area contributed by atoms with Gasteiger partial charge in [-0.15, -0.1) is 0 Å². The van der Waals surface area contributed by atoms with Crippen molar-refractivity contribution in [1.29, 1.82) is 0 Å². The van der Waals surface area contributed by atoms with E-state index in [-0.39, 0.29) is 24.4 Å². The minimum absolute atomic E-state index is 0.00986. The van der Waals surface area contributed by atoms with Crippen LogP contribution in [0.15, 0.2) is 79.1 Å². The lowest BCUT2D eigenvalue weighted by molar-refractivity contribution is -0.149. The number of hydrogen-bond donors (Lipinski definition) is 2. The Bertz CT molecular complexity index is 1430. The van der Waals surface area contributed by atoms with E-state index in [1.807, 2.05) is 59.5 Å². The number of thiocarbonyl (C=S) groups is 1. The van der Waals surface area contributed by atoms with Crippen molar-refractivity contribution in [3.8, 4) is 0 Å². The molecule has 230 valence electrons. The molecule has 1 atom stereocenters. The van der Waals surface area contributed by atoms with E-state index < -0.39 is 5.54 Å². The summed E-state index contributed by atoms with van der Waals surface area (Å²) < 4.78 is 5.48. The fraction of sp³-hybridized carbons (Fsp3) is 0.412. The third kappa shape index (κ3) is 6.71. The van der Waals surface area contributed by atoms with E-state index in [4.69, 9.17) is 17.0 Å². The highest BCUT2D eigenvalue weighted by Gasteiger charge is 2.47. The molecule has 3 heterocycles. The maximum absolute atomic E-state index is 14.4. The summed E-state index contributed by atoms with van der Waals surface area (Å²) in [6.45, 7) is 4.11. The molecule has 2 amide bonds. The summed E-state index contributed by atoms with van der Waals surface area (Å²) in [7, 11) is 0. The van der Waals surface area contributed by atoms with Crippen LogP contribution < -0.4 is 15.5 Å². The third-order valence-corrected chi connectivity index (χ3v) is 9.38. The van der Waals surface area contributed by atoms with Crippen molar-refractivity contribution in [3.05, 3.63) is 90.3 Å². The molecular weight excluding hydrogens is 572 g/mol. The van der Waals surface area contributed by atoms with E-state index in [2.05, 4.69) is 32.7 Å². The molecule has 0 unspecified atom stereocenters. The standard InChI is InChI=1S/C34H40N6O3S/c41-31(25-39-24-30(37-33(39)44)27-9-3-1-4-10-27)40(23-26-8-7-17-35-22-26)34(15-5-2-6-16-34)32(42)36-28-11-13-29(14-12-28)38-18-20-43-21-19-38/h1,3-4,7-14,17,22,30H,2,5-6,15-16,18-21,23-25H2,(H,36,42)(H,37,44)/t30-/m0/s1. The van der Waals surface area contributed by atoms with Crippen LogP contribution in [0.5, 0.6) is 0 Å². The number of nitrogens with one attached hydrogen (secondary N) is 2. The van der Waals surface area contributed by atoms with Gasteiger partial charge in [0, 0.05) is 49.9 Å². The number of carbonyl (C=O) groups is 2. The summed E-state index contributed by atoms with van der Waals surface area (Å²) in [5, 5.41) is 7.12. The number of hydrogen-bond acceptors (Lipinski definition) is 6. The largest absolute Gasteiger partial charge is 0.378 e. The van der Waals surface area contributed by atoms with Crippen LogP contribution in [0, 0.1) is 0 Å². The second-order valence-corrected chi connectivity index (χ2v) is 12.2. The smallest absolute Gasteiger partial charge is 0.250 e. The van der Waals surface area contributed by atoms with Crippen LogP contribution in [0.25, 0.3) is 0 Å². The zero-order valence-corrected chi connectivity index (χ0v) is 25.8. The first kappa shape index (κ1) is 30.0. The molecule has 44 heavy (non-hydrogen) atoms. The average Bonchev–Trinajstić information content (AvgIpc) is 3.45. The Balaban J connectivity index is 1.24. The van der Waals surface area contributed by atoms with Crippen LogP contribution in [0.4, 0.5) is 11.4 Å². The quantitative estimate of drug-likeness (QED) is 0.341. The van der Waals surface area contributed by atoms with Crippen molar-refractivity contribution in [2.24, 2.45) is 0 Å². The number of amides is 2. The third-order valence-electron chi connectivity index (χ3n) is 9.00. The molecule has 2 aliphatic heterocycles. The van der Waals surface area contributed by atoms with Crippen molar-refractivity contribution >= 4 is 40.5 Å². The van der Waals surface area contributed by atoms with Gasteiger partial charge in [0.25, 0.3) is 0 Å². The predicted octanol–water partition coefficient (Wildman–Crippen LogP) is 4.52. The topological polar surface area (TPSA) is 90.0 Å². The van der Waals surface area contributed by atoms with E-state index in [9.17, 15) is 9.59 Å². The monoisotopic (exact) mass is 612 g/mol. The fourth-order valence-electron chi connectivity index (χ4n) is 6.58. The highest BCUT2D eigenvalue weighted by Crippen LogP contribution is 2.37. The SMILES string of the molecule is O=C(CN1C[C@@H](c2ccccc2)NC1=S)N(Cc1cccnc1)C1(C(=O)Nc2ccc(N3CCOCC3)cc2)CCCCC1. The molecule has 2 aromatic carbocycles. The van der Waals surface area contributed by atoms with Crippen LogP contribution in [0.1, 0.15) is 49.3 Å². The Morgan fingerprint density at radius 3 is 2.45 bits per heavy atom. The number of anilines is 2. The first-order valence-electron chi connectivity index (χ1n) is 15.6. The molecular formula is C34H40N6O3S. The van der Waals surface area contributed by atoms with Gasteiger partial charge in [-0.1, -0.05) is 55.7 Å². The Hall–Kier alpha value is -4.02. The summed E-state index contributed by atoms with van der Waals surface area (Å²) in [4.78, 5) is 39.0. The molecule has 1 aromatic heterocycles. The van der Waals surface area contributed by atoms with Gasteiger partial charge in [-0.3, -0.25) is 14.6 Å². The molecule has 2 saturated heterocycles. The number of benzene rings is 2. The minimum Gasteiger partial charge on any atom is -0.378 e. The molecule has 10 heteroatoms. The molecule has 9 nitrogen and oxygen atoms in total. The number of rotatable bonds is 9. The first-order chi connectivity index (χ1) is 21.5. The summed E-state index contributed by atoms with van der Waals surface area (Å²) in [6.07, 6.45) is 7.49. The zero-order valence-electron chi connectivity index (χ0n) is 25.0. The predicted molar refractivity (Wildman–Crippen MR) is 175 cm³/mol. The summed E-state index contributed by atoms with van der Waals surface area (Å²) in [5.41, 5.74) is 2.86. The highest BCUT2D eigenvalue weighted by atomic mass is 32.1. The summed E-state index contributed by atoms with van der Waals surface area (Å²) >= 11 is 5.68. The number of aromatic nitrogens is 1. The number of nitrogens with zero attached hydrogens (tertiary/aromatic N) is 4. The lowest BCUT2D eigenvalue weighted by Crippen LogP contribution is -2.61. The number of carbonyl (C=O) groups excluding carboxylic acids is 2. The first-order valence-corrected chi connectivity index (χ1v) is 16.0. The van der Waals surface area contributed by atoms with Gasteiger partial charge in [0.2, 0.25) is 11.8 Å². The van der Waals surface area contributed by atoms with Crippen LogP contribution in [0.3, 0.4) is 0 Å². The van der Waals surface area contributed by atoms with Gasteiger partial charge in [0.05, 0.1) is 25.8 Å². The molecule has 3 aliphatic rings. The Morgan fingerprint density at radius 1 is 1.00 bits per heavy atom. The molecule has 0 spiro atoms. The number of morpholine rings is 1. The van der Waals surface area contributed by atoms with Crippen LogP contribution in [0.2, 0.25) is 0 Å². The van der Waals surface area contributed by atoms with Crippen LogP contribution >= 0.6 is 12.2 Å². The maximum atomic E-state index is 14.4. The van der Waals surface area contributed by atoms with Gasteiger partial charge in [-0.25, -0.2) is 0 Å². The second kappa shape index (κ2) is 13.7. The summed E-state index contributed by atoms with van der Waals surface area (Å²) in [6, 6.07) is 21.9. The van der Waals surface area contributed by atoms with Crippen LogP contribution in [-0.2, 0) is 20.9 Å². The molecule has 3 fully saturated rings. The molecule has 6 rings (SSSR count). The zero-order chi connectivity index (χ0) is 30.4. The van der Waals surface area contributed by atoms with E-state index in [1.165, 1.54) is 0 Å². The lowest BCUT2D eigenvalue weighted by Gasteiger charge is -2.45. The van der Waals surface area contributed by atoms with Crippen molar-refractivity contribution in [3.63, 3.8) is 0 Å². The Labute approximate surface area is 264 Å². The van der Waals surface area contributed by atoms with Crippen LogP contribution in [-0.4, -0.2) is 76.6 Å². The second-order valence-electron chi connectivity index (χ2n) is 11.8. The summed E-state index contributed by atoms with van der Waals surface area (Å²) in [5.74, 6) is -0.260. The van der Waals surface area contributed by atoms with Crippen molar-refractivity contribution < 1.29 is 14.3 Å². The van der Waals surface area contributed by atoms with Gasteiger partial charge in [-0.2, -0.15) is 0 Å². The normalized spacial score (nSPS) is 19.7. The van der Waals surface area contributed by atoms with E-state index >= 15 is 0 Å². The molecule has 1 aliphatic carbocycles. The van der Waals surface area contributed by atoms with Gasteiger partial charge in [0.15, 0.2) is 5.11 Å². The Kier molecular flexibility index (Phi) is 9.37. The van der Waals surface area contributed by atoms with Gasteiger partial charge in [0.1, 0.15) is 5.54 Å². The van der Waals surface area contributed by atoms with Crippen molar-refractivity contribution in [1.82, 2.24) is 20.1 Å². The minimum atomic E-state index is -0.984. The van der Waals surface area contributed by atoms with Crippen molar-refractivity contribution in [2.45, 2.75) is 50.2 Å². The van der Waals surface area contributed by atoms with E-state index in [0.29, 0.717) is 44.3 Å². The lowest BCUT2D eigenvalue weighted by atomic mass is 9.78. The Morgan fingerprint density at radius 2 is 1.75 bits per heavy atom. The highest BCUT2D eigenvalue weighted by molar-refractivity contribution is 7.80. The van der Waals surface area contributed by atoms with E-state index in [1.54, 1.807) is 17.3 Å². The molecule has 0 bridgehead atoms. The number of pyridine rings is 1. The molecule has 3 aromatic rings. The van der Waals surface area contributed by atoms with Gasteiger partial charge < -0.3 is 30.1 Å².